The third-order valence-electron chi connectivity index (χ3n) is 3.94. The van der Waals surface area contributed by atoms with Crippen LogP contribution in [0.3, 0.4) is 0 Å². The topological polar surface area (TPSA) is 75.6 Å². The van der Waals surface area contributed by atoms with E-state index in [0.717, 1.165) is 22.3 Å². The zero-order valence-electron chi connectivity index (χ0n) is 14.5. The molecule has 2 aromatic rings. The number of methoxy groups -OCH3 is 1. The van der Waals surface area contributed by atoms with Crippen LogP contribution >= 0.6 is 0 Å². The van der Waals surface area contributed by atoms with Crippen molar-refractivity contribution in [3.8, 4) is 0 Å². The molecule has 2 aromatic carbocycles. The minimum atomic E-state index is -0.948. The summed E-state index contributed by atoms with van der Waals surface area (Å²) >= 11 is 0. The highest BCUT2D eigenvalue weighted by Crippen LogP contribution is 2.21. The molecule has 0 aliphatic carbocycles. The largest absolute Gasteiger partial charge is 0.481 e. The number of ether oxygens (including phenoxy) is 1. The maximum absolute atomic E-state index is 12.4. The van der Waals surface area contributed by atoms with E-state index in [-0.39, 0.29) is 18.7 Å². The second-order valence-electron chi connectivity index (χ2n) is 6.00. The Kier molecular flexibility index (Phi) is 6.71. The number of amides is 1. The number of aliphatic carboxylic acids is 1. The van der Waals surface area contributed by atoms with Gasteiger partial charge in [0.2, 0.25) is 5.91 Å². The molecule has 0 bridgehead atoms. The van der Waals surface area contributed by atoms with Gasteiger partial charge in [-0.1, -0.05) is 48.5 Å². The number of rotatable bonds is 8. The van der Waals surface area contributed by atoms with Crippen molar-refractivity contribution in [3.05, 3.63) is 70.8 Å². The predicted octanol–water partition coefficient (Wildman–Crippen LogP) is 3.02. The van der Waals surface area contributed by atoms with Gasteiger partial charge in [0, 0.05) is 7.11 Å². The highest BCUT2D eigenvalue weighted by molar-refractivity contribution is 5.80. The average Bonchev–Trinajstić information content (AvgIpc) is 2.55. The third-order valence-corrected chi connectivity index (χ3v) is 3.94. The summed E-state index contributed by atoms with van der Waals surface area (Å²) in [6, 6.07) is 14.6. The van der Waals surface area contributed by atoms with E-state index in [1.54, 1.807) is 7.11 Å². The van der Waals surface area contributed by atoms with Gasteiger partial charge < -0.3 is 15.2 Å². The van der Waals surface area contributed by atoms with E-state index in [2.05, 4.69) is 5.32 Å². The number of benzene rings is 2. The fourth-order valence-electron chi connectivity index (χ4n) is 2.82. The molecule has 0 fully saturated rings. The Morgan fingerprint density at radius 3 is 2.52 bits per heavy atom. The number of carboxylic acids is 1. The van der Waals surface area contributed by atoms with Crippen molar-refractivity contribution in [2.75, 3.05) is 7.11 Å². The van der Waals surface area contributed by atoms with Crippen molar-refractivity contribution in [2.24, 2.45) is 0 Å². The Labute approximate surface area is 147 Å². The van der Waals surface area contributed by atoms with Gasteiger partial charge in [-0.05, 0) is 29.2 Å². The van der Waals surface area contributed by atoms with Crippen LogP contribution in [0.25, 0.3) is 0 Å². The summed E-state index contributed by atoms with van der Waals surface area (Å²) in [5, 5.41) is 12.0. The molecule has 0 spiro atoms. The Hall–Kier alpha value is -2.66. The van der Waals surface area contributed by atoms with Crippen LogP contribution < -0.4 is 5.32 Å². The molecule has 0 aliphatic heterocycles. The zero-order valence-corrected chi connectivity index (χ0v) is 14.5. The SMILES string of the molecule is COCc1cccc(CC(=O)NC(CC(=O)O)c2ccccc2C)c1. The first-order valence-electron chi connectivity index (χ1n) is 8.13. The van der Waals surface area contributed by atoms with Crippen molar-refractivity contribution < 1.29 is 19.4 Å². The van der Waals surface area contributed by atoms with E-state index >= 15 is 0 Å². The Balaban J connectivity index is 2.10. The van der Waals surface area contributed by atoms with Gasteiger partial charge in [0.25, 0.3) is 0 Å². The average molecular weight is 341 g/mol. The van der Waals surface area contributed by atoms with Gasteiger partial charge in [-0.25, -0.2) is 0 Å². The fraction of sp³-hybridized carbons (Fsp3) is 0.300. The number of hydrogen-bond acceptors (Lipinski definition) is 3. The molecule has 1 unspecified atom stereocenters. The second kappa shape index (κ2) is 8.99. The van der Waals surface area contributed by atoms with Crippen LogP contribution in [0, 0.1) is 6.92 Å². The smallest absolute Gasteiger partial charge is 0.305 e. The highest BCUT2D eigenvalue weighted by atomic mass is 16.5. The molecule has 0 aromatic heterocycles. The number of hydrogen-bond donors (Lipinski definition) is 2. The van der Waals surface area contributed by atoms with Crippen molar-refractivity contribution in [1.82, 2.24) is 5.32 Å². The molecule has 0 saturated carbocycles. The molecule has 5 nitrogen and oxygen atoms in total. The molecule has 0 aliphatic rings. The van der Waals surface area contributed by atoms with E-state index in [0.29, 0.717) is 6.61 Å². The van der Waals surface area contributed by atoms with Gasteiger partial charge in [0.1, 0.15) is 0 Å². The van der Waals surface area contributed by atoms with E-state index in [9.17, 15) is 9.59 Å². The third kappa shape index (κ3) is 5.72. The summed E-state index contributed by atoms with van der Waals surface area (Å²) in [7, 11) is 1.62. The van der Waals surface area contributed by atoms with E-state index in [1.165, 1.54) is 0 Å². The molecule has 25 heavy (non-hydrogen) atoms. The first-order valence-corrected chi connectivity index (χ1v) is 8.13. The Morgan fingerprint density at radius 2 is 1.84 bits per heavy atom. The lowest BCUT2D eigenvalue weighted by molar-refractivity contribution is -0.137. The van der Waals surface area contributed by atoms with Crippen LogP contribution in [0.15, 0.2) is 48.5 Å². The number of carbonyl (C=O) groups excluding carboxylic acids is 1. The number of nitrogens with one attached hydrogen (secondary N) is 1. The molecule has 5 heteroatoms. The molecule has 2 rings (SSSR count). The van der Waals surface area contributed by atoms with Crippen molar-refractivity contribution in [1.29, 1.82) is 0 Å². The summed E-state index contributed by atoms with van der Waals surface area (Å²) in [5.41, 5.74) is 3.64. The molecular formula is C20H23NO4. The molecule has 2 N–H and O–H groups in total. The summed E-state index contributed by atoms with van der Waals surface area (Å²) in [6.07, 6.45) is 0.0415. The van der Waals surface area contributed by atoms with Gasteiger partial charge in [-0.3, -0.25) is 9.59 Å². The maximum Gasteiger partial charge on any atom is 0.305 e. The van der Waals surface area contributed by atoms with Gasteiger partial charge in [0.15, 0.2) is 0 Å². The molecule has 132 valence electrons. The Bertz CT molecular complexity index is 742. The lowest BCUT2D eigenvalue weighted by Gasteiger charge is -2.19. The van der Waals surface area contributed by atoms with Gasteiger partial charge >= 0.3 is 5.97 Å². The molecule has 0 radical (unpaired) electrons. The first kappa shape index (κ1) is 18.7. The van der Waals surface area contributed by atoms with Crippen molar-refractivity contribution >= 4 is 11.9 Å². The van der Waals surface area contributed by atoms with Crippen LogP contribution in [0.2, 0.25) is 0 Å². The quantitative estimate of drug-likeness (QED) is 0.774. The maximum atomic E-state index is 12.4. The monoisotopic (exact) mass is 341 g/mol. The van der Waals surface area contributed by atoms with Crippen LogP contribution in [0.1, 0.15) is 34.7 Å². The van der Waals surface area contributed by atoms with Crippen LogP contribution in [0.5, 0.6) is 0 Å². The first-order chi connectivity index (χ1) is 12.0. The molecular weight excluding hydrogens is 318 g/mol. The van der Waals surface area contributed by atoms with Crippen molar-refractivity contribution in [3.63, 3.8) is 0 Å². The molecule has 1 amide bonds. The number of carbonyl (C=O) groups is 2. The van der Waals surface area contributed by atoms with Crippen LogP contribution in [0.4, 0.5) is 0 Å². The normalized spacial score (nSPS) is 11.8. The fourth-order valence-corrected chi connectivity index (χ4v) is 2.82. The van der Waals surface area contributed by atoms with Gasteiger partial charge in [0.05, 0.1) is 25.5 Å². The molecule has 0 heterocycles. The summed E-state index contributed by atoms with van der Waals surface area (Å²) < 4.78 is 5.10. The molecule has 0 saturated heterocycles. The van der Waals surface area contributed by atoms with Gasteiger partial charge in [-0.2, -0.15) is 0 Å². The van der Waals surface area contributed by atoms with Gasteiger partial charge in [-0.15, -0.1) is 0 Å². The van der Waals surface area contributed by atoms with E-state index < -0.39 is 12.0 Å². The highest BCUT2D eigenvalue weighted by Gasteiger charge is 2.19. The van der Waals surface area contributed by atoms with Crippen LogP contribution in [-0.4, -0.2) is 24.1 Å². The minimum Gasteiger partial charge on any atom is -0.481 e. The zero-order chi connectivity index (χ0) is 18.2. The molecule has 1 atom stereocenters. The summed E-state index contributed by atoms with van der Waals surface area (Å²) in [6.45, 7) is 2.39. The number of aryl methyl sites for hydroxylation is 1. The lowest BCUT2D eigenvalue weighted by Crippen LogP contribution is -2.31. The van der Waals surface area contributed by atoms with Crippen LogP contribution in [-0.2, 0) is 27.4 Å². The van der Waals surface area contributed by atoms with E-state index in [1.807, 2.05) is 55.5 Å². The second-order valence-corrected chi connectivity index (χ2v) is 6.00. The summed E-state index contributed by atoms with van der Waals surface area (Å²) in [4.78, 5) is 23.6. The standard InChI is InChI=1S/C20H23NO4/c1-14-6-3-4-9-17(14)18(12-20(23)24)21-19(22)11-15-7-5-8-16(10-15)13-25-2/h3-10,18H,11-13H2,1-2H3,(H,21,22)(H,23,24). The van der Waals surface area contributed by atoms with E-state index in [4.69, 9.17) is 9.84 Å². The minimum absolute atomic E-state index is 0.152. The van der Waals surface area contributed by atoms with Crippen molar-refractivity contribution in [2.45, 2.75) is 32.4 Å². The summed E-state index contributed by atoms with van der Waals surface area (Å²) in [5.74, 6) is -1.15. The predicted molar refractivity (Wildman–Crippen MR) is 95.2 cm³/mol. The Morgan fingerprint density at radius 1 is 1.12 bits per heavy atom. The lowest BCUT2D eigenvalue weighted by atomic mass is 9.98. The number of carboxylic acid groups (broad SMARTS) is 1.